The Labute approximate surface area is 147 Å². The Morgan fingerprint density at radius 2 is 1.12 bits per heavy atom. The lowest BCUT2D eigenvalue weighted by molar-refractivity contribution is 0.466. The molecule has 0 aliphatic carbocycles. The molecule has 2 N–H and O–H groups in total. The van der Waals surface area contributed by atoms with Gasteiger partial charge >= 0.3 is 0 Å². The summed E-state index contributed by atoms with van der Waals surface area (Å²) in [7, 11) is 0. The monoisotopic (exact) mass is 334 g/mol. The van der Waals surface area contributed by atoms with Crippen LogP contribution in [0, 0.1) is 34.6 Å². The molecule has 0 atom stereocenters. The molecule has 0 amide bonds. The molecule has 1 heterocycles. The molecular formula is C21H22N2O2. The van der Waals surface area contributed by atoms with Crippen LogP contribution in [-0.2, 0) is 0 Å². The van der Waals surface area contributed by atoms with Gasteiger partial charge in [-0.3, -0.25) is 4.98 Å². The lowest BCUT2D eigenvalue weighted by Crippen LogP contribution is -1.97. The van der Waals surface area contributed by atoms with Crippen LogP contribution >= 0.6 is 0 Å². The summed E-state index contributed by atoms with van der Waals surface area (Å²) in [5, 5.41) is 19.9. The molecule has 0 radical (unpaired) electrons. The summed E-state index contributed by atoms with van der Waals surface area (Å²) in [6.45, 7) is 9.45. The van der Waals surface area contributed by atoms with E-state index in [2.05, 4.69) is 4.98 Å². The first-order chi connectivity index (χ1) is 11.8. The molecule has 0 bridgehead atoms. The van der Waals surface area contributed by atoms with Crippen molar-refractivity contribution in [2.75, 3.05) is 0 Å². The van der Waals surface area contributed by atoms with Crippen LogP contribution in [-0.4, -0.2) is 20.2 Å². The van der Waals surface area contributed by atoms with Crippen LogP contribution in [0.5, 0.6) is 11.5 Å². The molecule has 3 aromatic rings. The van der Waals surface area contributed by atoms with Gasteiger partial charge in [-0.05, 0) is 81.1 Å². The number of aromatic hydroxyl groups is 2. The fourth-order valence-electron chi connectivity index (χ4n) is 3.10. The van der Waals surface area contributed by atoms with Crippen molar-refractivity contribution in [2.24, 2.45) is 0 Å². The molecular weight excluding hydrogens is 312 g/mol. The first-order valence-corrected chi connectivity index (χ1v) is 8.22. The lowest BCUT2D eigenvalue weighted by Gasteiger charge is -2.12. The topological polar surface area (TPSA) is 66.2 Å². The molecule has 0 fully saturated rings. The molecule has 1 aromatic heterocycles. The van der Waals surface area contributed by atoms with Crippen molar-refractivity contribution >= 4 is 0 Å². The summed E-state index contributed by atoms with van der Waals surface area (Å²) >= 11 is 0. The van der Waals surface area contributed by atoms with E-state index in [0.717, 1.165) is 50.5 Å². The predicted molar refractivity (Wildman–Crippen MR) is 99.9 cm³/mol. The van der Waals surface area contributed by atoms with Gasteiger partial charge in [-0.1, -0.05) is 0 Å². The molecule has 0 unspecified atom stereocenters. The van der Waals surface area contributed by atoms with E-state index in [1.54, 1.807) is 6.20 Å². The summed E-state index contributed by atoms with van der Waals surface area (Å²) < 4.78 is 0. The SMILES string of the molecule is Cc1cc(-c2cnc(-c3cc(C)c(O)c(C)c3)c(C)n2)cc(C)c1O. The number of phenols is 2. The number of hydrogen-bond donors (Lipinski definition) is 2. The number of nitrogens with zero attached hydrogens (tertiary/aromatic N) is 2. The van der Waals surface area contributed by atoms with Crippen molar-refractivity contribution in [1.82, 2.24) is 9.97 Å². The zero-order valence-electron chi connectivity index (χ0n) is 15.2. The van der Waals surface area contributed by atoms with E-state index in [-0.39, 0.29) is 0 Å². The van der Waals surface area contributed by atoms with Crippen LogP contribution in [0.1, 0.15) is 27.9 Å². The van der Waals surface area contributed by atoms with E-state index in [1.807, 2.05) is 58.9 Å². The fraction of sp³-hybridized carbons (Fsp3) is 0.238. The maximum Gasteiger partial charge on any atom is 0.121 e. The molecule has 25 heavy (non-hydrogen) atoms. The molecule has 4 nitrogen and oxygen atoms in total. The van der Waals surface area contributed by atoms with E-state index < -0.39 is 0 Å². The van der Waals surface area contributed by atoms with E-state index in [0.29, 0.717) is 11.5 Å². The second kappa shape index (κ2) is 6.20. The normalized spacial score (nSPS) is 10.9. The Bertz CT molecular complexity index is 932. The third-order valence-electron chi connectivity index (χ3n) is 4.50. The predicted octanol–water partition coefficient (Wildman–Crippen LogP) is 4.76. The fourth-order valence-corrected chi connectivity index (χ4v) is 3.10. The van der Waals surface area contributed by atoms with Gasteiger partial charge in [-0.15, -0.1) is 0 Å². The van der Waals surface area contributed by atoms with Crippen molar-refractivity contribution in [3.63, 3.8) is 0 Å². The average molecular weight is 334 g/mol. The zero-order valence-corrected chi connectivity index (χ0v) is 15.2. The number of aromatic nitrogens is 2. The minimum Gasteiger partial charge on any atom is -0.507 e. The van der Waals surface area contributed by atoms with E-state index >= 15 is 0 Å². The second-order valence-corrected chi connectivity index (χ2v) is 6.61. The summed E-state index contributed by atoms with van der Waals surface area (Å²) in [6.07, 6.45) is 1.76. The van der Waals surface area contributed by atoms with E-state index in [4.69, 9.17) is 4.98 Å². The van der Waals surface area contributed by atoms with Gasteiger partial charge in [0.1, 0.15) is 11.5 Å². The van der Waals surface area contributed by atoms with Gasteiger partial charge in [0.15, 0.2) is 0 Å². The van der Waals surface area contributed by atoms with E-state index in [9.17, 15) is 10.2 Å². The maximum atomic E-state index is 9.96. The van der Waals surface area contributed by atoms with Crippen LogP contribution in [0.15, 0.2) is 30.5 Å². The summed E-state index contributed by atoms with van der Waals surface area (Å²) in [5.41, 5.74) is 7.59. The molecule has 0 aliphatic rings. The Morgan fingerprint density at radius 3 is 1.56 bits per heavy atom. The molecule has 3 rings (SSSR count). The first kappa shape index (κ1) is 17.0. The van der Waals surface area contributed by atoms with E-state index in [1.165, 1.54) is 0 Å². The standard InChI is InChI=1S/C21H22N2O2/c1-11-6-16(7-12(2)20(11)24)18-10-22-19(15(5)23-18)17-8-13(3)21(25)14(4)9-17/h6-10,24-25H,1-5H3. The first-order valence-electron chi connectivity index (χ1n) is 8.22. The highest BCUT2D eigenvalue weighted by Gasteiger charge is 2.12. The average Bonchev–Trinajstić information content (AvgIpc) is 2.56. The molecule has 2 aromatic carbocycles. The quantitative estimate of drug-likeness (QED) is 0.709. The number of aryl methyl sites for hydroxylation is 5. The maximum absolute atomic E-state index is 9.96. The molecule has 0 spiro atoms. The minimum absolute atomic E-state index is 0.320. The summed E-state index contributed by atoms with van der Waals surface area (Å²) in [4.78, 5) is 9.32. The van der Waals surface area contributed by atoms with Gasteiger partial charge in [-0.25, -0.2) is 4.98 Å². The Balaban J connectivity index is 2.08. The lowest BCUT2D eigenvalue weighted by atomic mass is 10.0. The van der Waals surface area contributed by atoms with Crippen molar-refractivity contribution in [1.29, 1.82) is 0 Å². The van der Waals surface area contributed by atoms with Gasteiger partial charge in [0, 0.05) is 11.1 Å². The highest BCUT2D eigenvalue weighted by Crippen LogP contribution is 2.31. The number of phenolic OH excluding ortho intramolecular Hbond substituents is 2. The van der Waals surface area contributed by atoms with Crippen molar-refractivity contribution in [3.05, 3.63) is 58.4 Å². The molecule has 4 heteroatoms. The van der Waals surface area contributed by atoms with Crippen LogP contribution in [0.4, 0.5) is 0 Å². The van der Waals surface area contributed by atoms with Crippen LogP contribution in [0.3, 0.4) is 0 Å². The van der Waals surface area contributed by atoms with Crippen LogP contribution < -0.4 is 0 Å². The Hall–Kier alpha value is -2.88. The largest absolute Gasteiger partial charge is 0.507 e. The van der Waals surface area contributed by atoms with Crippen molar-refractivity contribution in [2.45, 2.75) is 34.6 Å². The number of benzene rings is 2. The van der Waals surface area contributed by atoms with Gasteiger partial charge < -0.3 is 10.2 Å². The molecule has 0 saturated carbocycles. The Morgan fingerprint density at radius 1 is 0.680 bits per heavy atom. The number of hydrogen-bond acceptors (Lipinski definition) is 4. The second-order valence-electron chi connectivity index (χ2n) is 6.61. The van der Waals surface area contributed by atoms with Gasteiger partial charge in [-0.2, -0.15) is 0 Å². The zero-order chi connectivity index (χ0) is 18.3. The highest BCUT2D eigenvalue weighted by molar-refractivity contribution is 5.69. The number of rotatable bonds is 2. The van der Waals surface area contributed by atoms with Gasteiger partial charge in [0.2, 0.25) is 0 Å². The van der Waals surface area contributed by atoms with Crippen LogP contribution in [0.25, 0.3) is 22.5 Å². The summed E-state index contributed by atoms with van der Waals surface area (Å²) in [5.74, 6) is 0.640. The molecule has 0 aliphatic heterocycles. The minimum atomic E-state index is 0.320. The van der Waals surface area contributed by atoms with Gasteiger partial charge in [0.25, 0.3) is 0 Å². The van der Waals surface area contributed by atoms with Crippen molar-refractivity contribution < 1.29 is 10.2 Å². The van der Waals surface area contributed by atoms with Crippen LogP contribution in [0.2, 0.25) is 0 Å². The molecule has 0 saturated heterocycles. The Kier molecular flexibility index (Phi) is 4.21. The third kappa shape index (κ3) is 3.07. The summed E-state index contributed by atoms with van der Waals surface area (Å²) in [6, 6.07) is 7.68. The molecule has 128 valence electrons. The third-order valence-corrected chi connectivity index (χ3v) is 4.50. The smallest absolute Gasteiger partial charge is 0.121 e. The highest BCUT2D eigenvalue weighted by atomic mass is 16.3. The van der Waals surface area contributed by atoms with Crippen molar-refractivity contribution in [3.8, 4) is 34.0 Å². The van der Waals surface area contributed by atoms with Gasteiger partial charge in [0.05, 0.1) is 23.3 Å².